The normalized spacial score (nSPS) is 11.5. The highest BCUT2D eigenvalue weighted by Gasteiger charge is 2.22. The zero-order valence-corrected chi connectivity index (χ0v) is 18.2. The molecule has 0 atom stereocenters. The molecule has 2 rings (SSSR count). The molecule has 0 aliphatic heterocycles. The van der Waals surface area contributed by atoms with Crippen LogP contribution in [0.15, 0.2) is 27.8 Å². The van der Waals surface area contributed by atoms with Crippen molar-refractivity contribution in [3.05, 3.63) is 28.7 Å². The van der Waals surface area contributed by atoms with E-state index in [1.165, 1.54) is 31.3 Å². The highest BCUT2D eigenvalue weighted by atomic mass is 79.9. The minimum Gasteiger partial charge on any atom is -0.384 e. The lowest BCUT2D eigenvalue weighted by molar-refractivity contribution is 0.570. The van der Waals surface area contributed by atoms with Gasteiger partial charge in [0.05, 0.1) is 5.69 Å². The van der Waals surface area contributed by atoms with E-state index in [0.29, 0.717) is 16.7 Å². The van der Waals surface area contributed by atoms with Crippen LogP contribution in [0.3, 0.4) is 0 Å². The molecule has 0 amide bonds. The number of rotatable bonds is 12. The van der Waals surface area contributed by atoms with Gasteiger partial charge in [0.25, 0.3) is 10.0 Å². The van der Waals surface area contributed by atoms with Gasteiger partial charge in [-0.2, -0.15) is 4.37 Å². The lowest BCUT2D eigenvalue weighted by atomic mass is 10.1. The van der Waals surface area contributed by atoms with Crippen molar-refractivity contribution in [1.82, 2.24) is 14.7 Å². The maximum atomic E-state index is 14.4. The molecule has 1 aromatic heterocycles. The summed E-state index contributed by atoms with van der Waals surface area (Å²) in [6.45, 7) is 1.73. The third-order valence-electron chi connectivity index (χ3n) is 3.81. The molecule has 0 bridgehead atoms. The monoisotopic (exact) mass is 479 g/mol. The third kappa shape index (κ3) is 6.98. The van der Waals surface area contributed by atoms with Crippen LogP contribution in [-0.4, -0.2) is 37.9 Å². The van der Waals surface area contributed by atoms with Gasteiger partial charge in [0.2, 0.25) is 5.13 Å². The Bertz CT molecular complexity index is 818. The van der Waals surface area contributed by atoms with Crippen LogP contribution in [0.1, 0.15) is 32.1 Å². The topological polar surface area (TPSA) is 96.0 Å². The molecule has 150 valence electrons. The smallest absolute Gasteiger partial charge is 0.266 e. The van der Waals surface area contributed by atoms with Crippen molar-refractivity contribution in [2.45, 2.75) is 37.0 Å². The Balaban J connectivity index is 1.90. The molecular formula is C16H23BrFN5O2S2. The van der Waals surface area contributed by atoms with E-state index in [0.717, 1.165) is 37.3 Å². The molecule has 3 N–H and O–H groups in total. The van der Waals surface area contributed by atoms with Crippen LogP contribution < -0.4 is 15.4 Å². The Hall–Kier alpha value is -1.30. The van der Waals surface area contributed by atoms with Gasteiger partial charge in [0, 0.05) is 22.5 Å². The van der Waals surface area contributed by atoms with E-state index >= 15 is 0 Å². The lowest BCUT2D eigenvalue weighted by Gasteiger charge is -2.12. The summed E-state index contributed by atoms with van der Waals surface area (Å²) < 4.78 is 45.5. The van der Waals surface area contributed by atoms with Crippen LogP contribution in [0.4, 0.5) is 15.2 Å². The predicted molar refractivity (Wildman–Crippen MR) is 110 cm³/mol. The number of anilines is 2. The summed E-state index contributed by atoms with van der Waals surface area (Å²) in [5, 5.41) is 6.35. The first-order valence-corrected chi connectivity index (χ1v) is 11.7. The number of hydrogen-bond donors (Lipinski definition) is 3. The number of unbranched alkanes of at least 4 members (excludes halogenated alkanes) is 4. The number of hydrogen-bond acceptors (Lipinski definition) is 7. The highest BCUT2D eigenvalue weighted by molar-refractivity contribution is 9.10. The van der Waals surface area contributed by atoms with E-state index in [9.17, 15) is 12.8 Å². The summed E-state index contributed by atoms with van der Waals surface area (Å²) in [7, 11) is -2.13. The number of sulfonamides is 1. The molecule has 0 radical (unpaired) electrons. The summed E-state index contributed by atoms with van der Waals surface area (Å²) in [5.74, 6) is -0.829. The van der Waals surface area contributed by atoms with Crippen molar-refractivity contribution in [3.8, 4) is 0 Å². The van der Waals surface area contributed by atoms with Gasteiger partial charge in [-0.25, -0.2) is 17.8 Å². The van der Waals surface area contributed by atoms with E-state index in [1.54, 1.807) is 0 Å². The van der Waals surface area contributed by atoms with Crippen molar-refractivity contribution in [2.24, 2.45) is 0 Å². The molecule has 1 heterocycles. The predicted octanol–water partition coefficient (Wildman–Crippen LogP) is 3.82. The van der Waals surface area contributed by atoms with Gasteiger partial charge in [-0.15, -0.1) is 0 Å². The molecule has 11 heteroatoms. The van der Waals surface area contributed by atoms with Crippen LogP contribution in [0.25, 0.3) is 0 Å². The van der Waals surface area contributed by atoms with Gasteiger partial charge in [-0.1, -0.05) is 19.3 Å². The second-order valence-corrected chi connectivity index (χ2v) is 9.20. The minimum absolute atomic E-state index is 0.0856. The molecular weight excluding hydrogens is 457 g/mol. The Morgan fingerprint density at radius 3 is 2.52 bits per heavy atom. The van der Waals surface area contributed by atoms with Crippen molar-refractivity contribution in [2.75, 3.05) is 30.2 Å². The van der Waals surface area contributed by atoms with Gasteiger partial charge in [0.15, 0.2) is 0 Å². The fourth-order valence-electron chi connectivity index (χ4n) is 2.44. The van der Waals surface area contributed by atoms with Crippen LogP contribution >= 0.6 is 27.5 Å². The van der Waals surface area contributed by atoms with Gasteiger partial charge < -0.3 is 10.6 Å². The molecule has 0 saturated carbocycles. The molecule has 0 saturated heterocycles. The van der Waals surface area contributed by atoms with Crippen molar-refractivity contribution < 1.29 is 12.8 Å². The summed E-state index contributed by atoms with van der Waals surface area (Å²) in [5.41, 5.74) is 0.526. The maximum absolute atomic E-state index is 14.4. The molecule has 0 aliphatic rings. The molecule has 0 unspecified atom stereocenters. The van der Waals surface area contributed by atoms with Crippen LogP contribution in [0.5, 0.6) is 0 Å². The van der Waals surface area contributed by atoms with Gasteiger partial charge in [-0.3, -0.25) is 4.72 Å². The zero-order valence-electron chi connectivity index (χ0n) is 15.0. The van der Waals surface area contributed by atoms with Gasteiger partial charge >= 0.3 is 0 Å². The first-order valence-electron chi connectivity index (χ1n) is 8.61. The number of nitrogens with one attached hydrogen (secondary N) is 3. The molecule has 0 fully saturated rings. The van der Waals surface area contributed by atoms with Crippen LogP contribution in [-0.2, 0) is 10.0 Å². The van der Waals surface area contributed by atoms with E-state index < -0.39 is 20.7 Å². The number of nitrogens with zero attached hydrogens (tertiary/aromatic N) is 2. The summed E-state index contributed by atoms with van der Waals surface area (Å²) in [6, 6.07) is 2.43. The Kier molecular flexibility index (Phi) is 8.87. The van der Waals surface area contributed by atoms with E-state index in [1.807, 2.05) is 7.05 Å². The average molecular weight is 480 g/mol. The van der Waals surface area contributed by atoms with Crippen LogP contribution in [0, 0.1) is 5.82 Å². The fraction of sp³-hybridized carbons (Fsp3) is 0.500. The summed E-state index contributed by atoms with van der Waals surface area (Å²) >= 11 is 4.19. The SMILES string of the molecule is CNCCCCCCCNc1cc(F)c(S(=O)(=O)Nc2ncns2)cc1Br. The van der Waals surface area contributed by atoms with Crippen molar-refractivity contribution >= 4 is 48.3 Å². The Morgan fingerprint density at radius 2 is 1.85 bits per heavy atom. The molecule has 0 spiro atoms. The summed E-state index contributed by atoms with van der Waals surface area (Å²) in [4.78, 5) is 3.30. The quantitative estimate of drug-likeness (QED) is 0.400. The van der Waals surface area contributed by atoms with E-state index in [-0.39, 0.29) is 5.13 Å². The van der Waals surface area contributed by atoms with Crippen LogP contribution in [0.2, 0.25) is 0 Å². The summed E-state index contributed by atoms with van der Waals surface area (Å²) in [6.07, 6.45) is 6.80. The fourth-order valence-corrected chi connectivity index (χ4v) is 4.82. The number of aromatic nitrogens is 2. The van der Waals surface area contributed by atoms with E-state index in [2.05, 4.69) is 40.6 Å². The highest BCUT2D eigenvalue weighted by Crippen LogP contribution is 2.29. The lowest BCUT2D eigenvalue weighted by Crippen LogP contribution is -2.15. The standard InChI is InChI=1S/C16H23BrFN5O2S2/c1-19-7-5-3-2-4-6-8-20-14-10-13(18)15(9-12(14)17)27(24,25)23-16-21-11-22-26-16/h9-11,19-20H,2-8H2,1H3,(H,21,22,23). The molecule has 2 aromatic rings. The molecule has 0 aliphatic carbocycles. The van der Waals surface area contributed by atoms with Crippen molar-refractivity contribution in [1.29, 1.82) is 0 Å². The number of halogens is 2. The molecule has 1 aromatic carbocycles. The van der Waals surface area contributed by atoms with Crippen molar-refractivity contribution in [3.63, 3.8) is 0 Å². The minimum atomic E-state index is -4.07. The molecule has 7 nitrogen and oxygen atoms in total. The first kappa shape index (κ1) is 22.0. The van der Waals surface area contributed by atoms with Gasteiger partial charge in [0.1, 0.15) is 17.0 Å². The first-order chi connectivity index (χ1) is 12.9. The number of benzene rings is 1. The zero-order chi connectivity index (χ0) is 19.7. The molecule has 27 heavy (non-hydrogen) atoms. The average Bonchev–Trinajstić information content (AvgIpc) is 3.11. The second kappa shape index (κ2) is 10.9. The third-order valence-corrected chi connectivity index (χ3v) is 6.53. The van der Waals surface area contributed by atoms with E-state index in [4.69, 9.17) is 0 Å². The maximum Gasteiger partial charge on any atom is 0.266 e. The largest absolute Gasteiger partial charge is 0.384 e. The van der Waals surface area contributed by atoms with Gasteiger partial charge in [-0.05, 0) is 54.5 Å². The Labute approximate surface area is 171 Å². The second-order valence-electron chi connectivity index (χ2n) is 5.91. The Morgan fingerprint density at radius 1 is 1.15 bits per heavy atom.